The summed E-state index contributed by atoms with van der Waals surface area (Å²) in [5, 5.41) is 0. The van der Waals surface area contributed by atoms with Crippen molar-refractivity contribution in [2.24, 2.45) is 5.41 Å². The summed E-state index contributed by atoms with van der Waals surface area (Å²) in [5.41, 5.74) is -1.09. The monoisotopic (exact) mass is 404 g/mol. The molecule has 0 saturated carbocycles. The van der Waals surface area contributed by atoms with Crippen molar-refractivity contribution >= 4 is 26.0 Å². The van der Waals surface area contributed by atoms with E-state index in [9.17, 15) is 21.6 Å². The number of rotatable bonds is 15. The molecule has 0 aromatic carbocycles. The van der Waals surface area contributed by atoms with E-state index in [0.29, 0.717) is 13.2 Å². The predicted molar refractivity (Wildman–Crippen MR) is 91.3 cm³/mol. The largest absolute Gasteiger partial charge is 0.379 e. The van der Waals surface area contributed by atoms with Gasteiger partial charge in [-0.25, -0.2) is 0 Å². The lowest BCUT2D eigenvalue weighted by Crippen LogP contribution is -2.37. The van der Waals surface area contributed by atoms with Gasteiger partial charge in [-0.15, -0.1) is 0 Å². The number of hydrogen-bond acceptors (Lipinski definition) is 9. The van der Waals surface area contributed by atoms with Crippen molar-refractivity contribution in [1.29, 1.82) is 0 Å². The first kappa shape index (κ1) is 24.4. The molecule has 0 aromatic heterocycles. The highest BCUT2D eigenvalue weighted by molar-refractivity contribution is 7.86. The summed E-state index contributed by atoms with van der Waals surface area (Å²) >= 11 is 0. The summed E-state index contributed by atoms with van der Waals surface area (Å²) in [4.78, 5) is 12.1. The van der Waals surface area contributed by atoms with Crippen LogP contribution in [0.25, 0.3) is 0 Å². The van der Waals surface area contributed by atoms with Gasteiger partial charge in [0, 0.05) is 18.4 Å². The Hall–Kier alpha value is -0.590. The van der Waals surface area contributed by atoms with E-state index in [0.717, 1.165) is 12.5 Å². The van der Waals surface area contributed by atoms with Crippen LogP contribution in [0.2, 0.25) is 0 Å². The normalized spacial score (nSPS) is 13.1. The van der Waals surface area contributed by atoms with Gasteiger partial charge in [0.2, 0.25) is 0 Å². The summed E-state index contributed by atoms with van der Waals surface area (Å²) in [7, 11) is -7.50. The minimum Gasteiger partial charge on any atom is -0.379 e. The molecule has 0 aromatic rings. The quantitative estimate of drug-likeness (QED) is 0.281. The minimum atomic E-state index is -3.75. The van der Waals surface area contributed by atoms with Crippen LogP contribution < -0.4 is 0 Å². The van der Waals surface area contributed by atoms with E-state index < -0.39 is 25.7 Å². The van der Waals surface area contributed by atoms with E-state index in [-0.39, 0.29) is 45.1 Å². The van der Waals surface area contributed by atoms with Crippen molar-refractivity contribution in [3.63, 3.8) is 0 Å². The van der Waals surface area contributed by atoms with Crippen molar-refractivity contribution in [2.75, 3.05) is 52.2 Å². The van der Waals surface area contributed by atoms with E-state index >= 15 is 0 Å². The van der Waals surface area contributed by atoms with Crippen molar-refractivity contribution in [1.82, 2.24) is 0 Å². The van der Waals surface area contributed by atoms with E-state index in [1.165, 1.54) is 0 Å². The van der Waals surface area contributed by atoms with Gasteiger partial charge in [0.25, 0.3) is 20.2 Å². The second-order valence-corrected chi connectivity index (χ2v) is 9.04. The van der Waals surface area contributed by atoms with Gasteiger partial charge in [-0.2, -0.15) is 16.8 Å². The first-order chi connectivity index (χ1) is 11.4. The molecule has 0 saturated heterocycles. The molecule has 25 heavy (non-hydrogen) atoms. The van der Waals surface area contributed by atoms with E-state index in [2.05, 4.69) is 0 Å². The molecule has 0 radical (unpaired) electrons. The minimum absolute atomic E-state index is 0.136. The molecule has 0 bridgehead atoms. The van der Waals surface area contributed by atoms with Crippen LogP contribution in [0, 0.1) is 5.41 Å². The third kappa shape index (κ3) is 13.3. The van der Waals surface area contributed by atoms with Gasteiger partial charge in [0.1, 0.15) is 6.61 Å². The zero-order valence-corrected chi connectivity index (χ0v) is 16.8. The van der Waals surface area contributed by atoms with Gasteiger partial charge in [-0.3, -0.25) is 13.2 Å². The molecule has 150 valence electrons. The van der Waals surface area contributed by atoms with Crippen molar-refractivity contribution in [3.8, 4) is 0 Å². The molecule has 0 fully saturated rings. The van der Waals surface area contributed by atoms with Gasteiger partial charge in [-0.1, -0.05) is 6.92 Å². The molecule has 0 spiro atoms. The molecular weight excluding hydrogens is 376 g/mol. The van der Waals surface area contributed by atoms with E-state index in [4.69, 9.17) is 17.8 Å². The van der Waals surface area contributed by atoms with Crippen LogP contribution in [0.3, 0.4) is 0 Å². The fourth-order valence-electron chi connectivity index (χ4n) is 1.85. The summed E-state index contributed by atoms with van der Waals surface area (Å²) in [6.07, 6.45) is 1.90. The Bertz CT molecular complexity index is 560. The Kier molecular flexibility index (Phi) is 10.9. The summed E-state index contributed by atoms with van der Waals surface area (Å²) in [5.74, 6) is -0.312. The third-order valence-corrected chi connectivity index (χ3v) is 4.41. The second kappa shape index (κ2) is 11.2. The number of ketones is 1. The van der Waals surface area contributed by atoms with Crippen LogP contribution in [-0.2, 0) is 42.9 Å². The molecule has 0 aliphatic carbocycles. The molecule has 0 N–H and O–H groups in total. The van der Waals surface area contributed by atoms with Crippen molar-refractivity contribution < 1.29 is 39.5 Å². The maximum absolute atomic E-state index is 12.1. The van der Waals surface area contributed by atoms with E-state index in [1.807, 2.05) is 6.92 Å². The lowest BCUT2D eigenvalue weighted by atomic mass is 9.82. The topological polar surface area (TPSA) is 122 Å². The Morgan fingerprint density at radius 3 is 1.76 bits per heavy atom. The molecule has 0 aliphatic rings. The summed E-state index contributed by atoms with van der Waals surface area (Å²) in [6.45, 7) is 3.78. The van der Waals surface area contributed by atoms with Crippen LogP contribution in [0.4, 0.5) is 0 Å². The van der Waals surface area contributed by atoms with Gasteiger partial charge >= 0.3 is 0 Å². The smallest absolute Gasteiger partial charge is 0.264 e. The number of Topliss-reactive ketones (excluding diaryl/α,β-unsaturated/α-hetero) is 1. The lowest BCUT2D eigenvalue weighted by Gasteiger charge is -2.30. The maximum atomic E-state index is 12.1. The van der Waals surface area contributed by atoms with Gasteiger partial charge in [-0.05, 0) is 13.3 Å². The van der Waals surface area contributed by atoms with Crippen LogP contribution in [-0.4, -0.2) is 74.8 Å². The average Bonchev–Trinajstić information content (AvgIpc) is 2.48. The molecule has 0 atom stereocenters. The van der Waals surface area contributed by atoms with E-state index in [1.54, 1.807) is 6.92 Å². The molecule has 9 nitrogen and oxygen atoms in total. The zero-order chi connectivity index (χ0) is 19.6. The first-order valence-electron chi connectivity index (χ1n) is 7.79. The molecule has 0 unspecified atom stereocenters. The van der Waals surface area contributed by atoms with Crippen LogP contribution in [0.5, 0.6) is 0 Å². The van der Waals surface area contributed by atoms with Crippen molar-refractivity contribution in [2.45, 2.75) is 26.7 Å². The predicted octanol–water partition coefficient (Wildman–Crippen LogP) is 0.348. The Balaban J connectivity index is 4.87. The molecule has 0 heterocycles. The van der Waals surface area contributed by atoms with Crippen LogP contribution >= 0.6 is 0 Å². The number of carbonyl (C=O) groups is 1. The fourth-order valence-corrected chi connectivity index (χ4v) is 2.78. The first-order valence-corrected chi connectivity index (χ1v) is 11.4. The standard InChI is InChI=1S/C14H28O9S2/c1-5-14(11-22-24(3,16)17,12-23-25(4,18)19)9-13(15)10-21-8-7-20-6-2/h5-12H2,1-4H3. The molecule has 0 rings (SSSR count). The molecular formula is C14H28O9S2. The summed E-state index contributed by atoms with van der Waals surface area (Å²) < 4.78 is 64.8. The highest BCUT2D eigenvalue weighted by atomic mass is 32.2. The Labute approximate surface area is 150 Å². The average molecular weight is 405 g/mol. The highest BCUT2D eigenvalue weighted by Crippen LogP contribution is 2.29. The van der Waals surface area contributed by atoms with Gasteiger partial charge in [0.15, 0.2) is 5.78 Å². The SMILES string of the molecule is CCOCCOCC(=O)CC(CC)(COS(C)(=O)=O)COS(C)(=O)=O. The lowest BCUT2D eigenvalue weighted by molar-refractivity contribution is -0.127. The molecule has 0 aliphatic heterocycles. The fraction of sp³-hybridized carbons (Fsp3) is 0.929. The maximum Gasteiger partial charge on any atom is 0.264 e. The number of ether oxygens (including phenoxy) is 2. The zero-order valence-electron chi connectivity index (χ0n) is 15.1. The second-order valence-electron chi connectivity index (χ2n) is 5.75. The summed E-state index contributed by atoms with van der Waals surface area (Å²) in [6, 6.07) is 0. The van der Waals surface area contributed by atoms with Crippen molar-refractivity contribution in [3.05, 3.63) is 0 Å². The Morgan fingerprint density at radius 2 is 1.36 bits per heavy atom. The van der Waals surface area contributed by atoms with Crippen LogP contribution in [0.1, 0.15) is 26.7 Å². The van der Waals surface area contributed by atoms with Gasteiger partial charge < -0.3 is 9.47 Å². The number of carbonyl (C=O) groups excluding carboxylic acids is 1. The molecule has 0 amide bonds. The third-order valence-electron chi connectivity index (χ3n) is 3.32. The highest BCUT2D eigenvalue weighted by Gasteiger charge is 2.34. The van der Waals surface area contributed by atoms with Gasteiger partial charge in [0.05, 0.1) is 38.9 Å². The number of hydrogen-bond donors (Lipinski definition) is 0. The van der Waals surface area contributed by atoms with Crippen LogP contribution in [0.15, 0.2) is 0 Å². The molecule has 11 heteroatoms. The Morgan fingerprint density at radius 1 is 0.880 bits per heavy atom.